The number of amides is 1. The maximum absolute atomic E-state index is 11.8. The van der Waals surface area contributed by atoms with Crippen molar-refractivity contribution < 1.29 is 14.5 Å². The largest absolute Gasteiger partial charge is 0.482 e. The third-order valence-electron chi connectivity index (χ3n) is 2.82. The molecule has 22 heavy (non-hydrogen) atoms. The third kappa shape index (κ3) is 4.20. The Morgan fingerprint density at radius 3 is 2.55 bits per heavy atom. The molecule has 0 aliphatic carbocycles. The summed E-state index contributed by atoms with van der Waals surface area (Å²) in [6.45, 7) is 1.71. The van der Waals surface area contributed by atoms with Crippen LogP contribution in [0.5, 0.6) is 5.75 Å². The summed E-state index contributed by atoms with van der Waals surface area (Å²) in [7, 11) is 0. The molecule has 0 unspecified atom stereocenters. The molecule has 0 spiro atoms. The van der Waals surface area contributed by atoms with Crippen molar-refractivity contribution in [2.45, 2.75) is 6.92 Å². The van der Waals surface area contributed by atoms with Gasteiger partial charge in [0.1, 0.15) is 5.75 Å². The number of rotatable bonds is 5. The van der Waals surface area contributed by atoms with Crippen LogP contribution in [0.15, 0.2) is 42.5 Å². The molecule has 2 rings (SSSR count). The predicted molar refractivity (Wildman–Crippen MR) is 83.4 cm³/mol. The van der Waals surface area contributed by atoms with Gasteiger partial charge >= 0.3 is 0 Å². The van der Waals surface area contributed by atoms with Gasteiger partial charge in [0.25, 0.3) is 11.6 Å². The van der Waals surface area contributed by atoms with Crippen LogP contribution in [0.1, 0.15) is 5.56 Å². The third-order valence-corrected chi connectivity index (χ3v) is 3.12. The van der Waals surface area contributed by atoms with Crippen molar-refractivity contribution in [1.29, 1.82) is 0 Å². The quantitative estimate of drug-likeness (QED) is 0.674. The fourth-order valence-electron chi connectivity index (χ4n) is 1.70. The van der Waals surface area contributed by atoms with E-state index in [0.717, 1.165) is 5.56 Å². The minimum atomic E-state index is -0.556. The molecule has 0 bridgehead atoms. The van der Waals surface area contributed by atoms with E-state index < -0.39 is 4.92 Å². The van der Waals surface area contributed by atoms with E-state index in [1.807, 2.05) is 19.1 Å². The van der Waals surface area contributed by atoms with E-state index in [1.165, 1.54) is 18.2 Å². The molecule has 0 fully saturated rings. The number of benzene rings is 2. The second-order valence-electron chi connectivity index (χ2n) is 4.57. The zero-order valence-corrected chi connectivity index (χ0v) is 12.5. The van der Waals surface area contributed by atoms with Gasteiger partial charge in [-0.1, -0.05) is 29.3 Å². The Hall–Kier alpha value is -2.60. The summed E-state index contributed by atoms with van der Waals surface area (Å²) in [5.41, 5.74) is 1.61. The van der Waals surface area contributed by atoms with Crippen LogP contribution < -0.4 is 10.1 Å². The predicted octanol–water partition coefficient (Wildman–Crippen LogP) is 3.57. The van der Waals surface area contributed by atoms with Crippen LogP contribution in [-0.2, 0) is 4.79 Å². The lowest BCUT2D eigenvalue weighted by atomic mass is 10.2. The first-order valence-corrected chi connectivity index (χ1v) is 6.77. The van der Waals surface area contributed by atoms with Crippen molar-refractivity contribution in [3.63, 3.8) is 0 Å². The Kier molecular flexibility index (Phi) is 4.95. The molecular formula is C15H13ClN2O4. The van der Waals surface area contributed by atoms with E-state index in [9.17, 15) is 14.9 Å². The Balaban J connectivity index is 1.93. The molecule has 1 N–H and O–H groups in total. The molecule has 2 aromatic rings. The molecule has 114 valence electrons. The van der Waals surface area contributed by atoms with Gasteiger partial charge in [-0.3, -0.25) is 14.9 Å². The number of carbonyl (C=O) groups excluding carboxylic acids is 1. The number of carbonyl (C=O) groups is 1. The minimum absolute atomic E-state index is 0.0809. The van der Waals surface area contributed by atoms with Gasteiger partial charge in [-0.2, -0.15) is 0 Å². The van der Waals surface area contributed by atoms with Crippen LogP contribution in [0.4, 0.5) is 11.4 Å². The Morgan fingerprint density at radius 2 is 1.95 bits per heavy atom. The van der Waals surface area contributed by atoms with Gasteiger partial charge in [0, 0.05) is 17.8 Å². The number of nitrogens with zero attached hydrogens (tertiary/aromatic N) is 1. The lowest BCUT2D eigenvalue weighted by Crippen LogP contribution is -2.20. The first-order chi connectivity index (χ1) is 10.5. The molecule has 0 atom stereocenters. The number of hydrogen-bond acceptors (Lipinski definition) is 4. The van der Waals surface area contributed by atoms with E-state index in [1.54, 1.807) is 12.1 Å². The number of anilines is 1. The number of non-ortho nitro benzene ring substituents is 1. The fourth-order valence-corrected chi connectivity index (χ4v) is 1.93. The molecule has 0 saturated heterocycles. The van der Waals surface area contributed by atoms with E-state index in [2.05, 4.69) is 5.32 Å². The molecule has 0 aliphatic heterocycles. The number of halogens is 1. The Bertz CT molecular complexity index is 701. The lowest BCUT2D eigenvalue weighted by Gasteiger charge is -2.09. The second-order valence-corrected chi connectivity index (χ2v) is 4.98. The highest BCUT2D eigenvalue weighted by Gasteiger charge is 2.11. The summed E-state index contributed by atoms with van der Waals surface area (Å²) < 4.78 is 5.26. The molecule has 0 aromatic heterocycles. The smallest absolute Gasteiger partial charge is 0.271 e. The average Bonchev–Trinajstić information content (AvgIpc) is 2.48. The van der Waals surface area contributed by atoms with Gasteiger partial charge in [0.15, 0.2) is 6.61 Å². The van der Waals surface area contributed by atoms with Crippen LogP contribution >= 0.6 is 11.6 Å². The molecule has 0 heterocycles. The van der Waals surface area contributed by atoms with Gasteiger partial charge in [-0.15, -0.1) is 0 Å². The Labute approximate surface area is 131 Å². The first-order valence-electron chi connectivity index (χ1n) is 6.39. The van der Waals surface area contributed by atoms with Crippen LogP contribution in [0.3, 0.4) is 0 Å². The maximum atomic E-state index is 11.8. The number of nitrogens with one attached hydrogen (secondary N) is 1. The highest BCUT2D eigenvalue weighted by Crippen LogP contribution is 2.28. The summed E-state index contributed by atoms with van der Waals surface area (Å²) in [6.07, 6.45) is 0. The van der Waals surface area contributed by atoms with Gasteiger partial charge in [0.2, 0.25) is 0 Å². The zero-order chi connectivity index (χ0) is 16.1. The van der Waals surface area contributed by atoms with E-state index >= 15 is 0 Å². The van der Waals surface area contributed by atoms with E-state index in [4.69, 9.17) is 16.3 Å². The molecule has 0 aliphatic rings. The van der Waals surface area contributed by atoms with Crippen molar-refractivity contribution in [2.24, 2.45) is 0 Å². The standard InChI is InChI=1S/C15H13ClN2O4/c1-10-2-4-11(5-3-10)17-15(19)9-22-14-7-6-12(18(20)21)8-13(14)16/h2-8H,9H2,1H3,(H,17,19). The highest BCUT2D eigenvalue weighted by molar-refractivity contribution is 6.32. The molecular weight excluding hydrogens is 308 g/mol. The summed E-state index contributed by atoms with van der Waals surface area (Å²) in [4.78, 5) is 21.8. The maximum Gasteiger partial charge on any atom is 0.271 e. The van der Waals surface area contributed by atoms with Crippen LogP contribution in [0.25, 0.3) is 0 Å². The molecule has 6 nitrogen and oxygen atoms in total. The van der Waals surface area contributed by atoms with Crippen LogP contribution in [0.2, 0.25) is 5.02 Å². The second kappa shape index (κ2) is 6.91. The summed E-state index contributed by atoms with van der Waals surface area (Å²) in [6, 6.07) is 11.1. The van der Waals surface area contributed by atoms with Crippen molar-refractivity contribution in [3.8, 4) is 5.75 Å². The number of aryl methyl sites for hydroxylation is 1. The molecule has 7 heteroatoms. The molecule has 2 aromatic carbocycles. The van der Waals surface area contributed by atoms with Crippen molar-refractivity contribution in [3.05, 3.63) is 63.2 Å². The molecule has 1 amide bonds. The number of nitro groups is 1. The van der Waals surface area contributed by atoms with Gasteiger partial charge in [0.05, 0.1) is 9.95 Å². The van der Waals surface area contributed by atoms with E-state index in [-0.39, 0.29) is 29.0 Å². The summed E-state index contributed by atoms with van der Waals surface area (Å²) in [5, 5.41) is 13.4. The fraction of sp³-hybridized carbons (Fsp3) is 0.133. The minimum Gasteiger partial charge on any atom is -0.482 e. The molecule has 0 saturated carbocycles. The normalized spacial score (nSPS) is 10.1. The lowest BCUT2D eigenvalue weighted by molar-refractivity contribution is -0.384. The Morgan fingerprint density at radius 1 is 1.27 bits per heavy atom. The molecule has 0 radical (unpaired) electrons. The monoisotopic (exact) mass is 320 g/mol. The van der Waals surface area contributed by atoms with Crippen LogP contribution in [-0.4, -0.2) is 17.4 Å². The highest BCUT2D eigenvalue weighted by atomic mass is 35.5. The van der Waals surface area contributed by atoms with Crippen LogP contribution in [0, 0.1) is 17.0 Å². The first kappa shape index (κ1) is 15.8. The van der Waals surface area contributed by atoms with Crippen molar-refractivity contribution >= 4 is 28.9 Å². The summed E-state index contributed by atoms with van der Waals surface area (Å²) in [5.74, 6) is -0.135. The average molecular weight is 321 g/mol. The number of hydrogen-bond donors (Lipinski definition) is 1. The van der Waals surface area contributed by atoms with Gasteiger partial charge in [-0.25, -0.2) is 0 Å². The van der Waals surface area contributed by atoms with Crippen molar-refractivity contribution in [1.82, 2.24) is 0 Å². The SMILES string of the molecule is Cc1ccc(NC(=O)COc2ccc([N+](=O)[O-])cc2Cl)cc1. The number of ether oxygens (including phenoxy) is 1. The van der Waals surface area contributed by atoms with E-state index in [0.29, 0.717) is 5.69 Å². The van der Waals surface area contributed by atoms with Gasteiger partial charge < -0.3 is 10.1 Å². The zero-order valence-electron chi connectivity index (χ0n) is 11.7. The topological polar surface area (TPSA) is 81.5 Å². The van der Waals surface area contributed by atoms with Crippen molar-refractivity contribution in [2.75, 3.05) is 11.9 Å². The number of nitro benzene ring substituents is 1. The summed E-state index contributed by atoms with van der Waals surface area (Å²) >= 11 is 5.87. The van der Waals surface area contributed by atoms with Gasteiger partial charge in [-0.05, 0) is 25.1 Å².